The minimum Gasteiger partial charge on any atom is -0.334 e. The SMILES string of the molecule is CCC1CCCCN1C(=O)NCc1ccc(C#N)cc1. The van der Waals surface area contributed by atoms with E-state index in [0.29, 0.717) is 18.2 Å². The number of nitriles is 1. The highest BCUT2D eigenvalue weighted by molar-refractivity contribution is 5.74. The van der Waals surface area contributed by atoms with E-state index in [-0.39, 0.29) is 6.03 Å². The van der Waals surface area contributed by atoms with Crippen molar-refractivity contribution in [3.05, 3.63) is 35.4 Å². The number of nitrogens with one attached hydrogen (secondary N) is 1. The van der Waals surface area contributed by atoms with Gasteiger partial charge in [0.25, 0.3) is 0 Å². The summed E-state index contributed by atoms with van der Waals surface area (Å²) in [7, 11) is 0. The van der Waals surface area contributed by atoms with E-state index in [1.54, 1.807) is 12.1 Å². The molecule has 1 aromatic rings. The van der Waals surface area contributed by atoms with Crippen molar-refractivity contribution in [1.29, 1.82) is 5.26 Å². The van der Waals surface area contributed by atoms with Crippen LogP contribution in [-0.4, -0.2) is 23.5 Å². The van der Waals surface area contributed by atoms with E-state index in [1.165, 1.54) is 6.42 Å². The van der Waals surface area contributed by atoms with Crippen LogP contribution in [-0.2, 0) is 6.54 Å². The number of rotatable bonds is 3. The predicted molar refractivity (Wildman–Crippen MR) is 78.0 cm³/mol. The first-order valence-electron chi connectivity index (χ1n) is 7.28. The van der Waals surface area contributed by atoms with E-state index in [0.717, 1.165) is 31.4 Å². The summed E-state index contributed by atoms with van der Waals surface area (Å²) in [5.41, 5.74) is 1.66. The lowest BCUT2D eigenvalue weighted by Gasteiger charge is -2.35. The summed E-state index contributed by atoms with van der Waals surface area (Å²) in [5, 5.41) is 11.7. The molecule has 1 saturated heterocycles. The first-order chi connectivity index (χ1) is 9.74. The Morgan fingerprint density at radius 2 is 2.15 bits per heavy atom. The van der Waals surface area contributed by atoms with Crippen molar-refractivity contribution in [2.75, 3.05) is 6.54 Å². The Morgan fingerprint density at radius 1 is 1.40 bits per heavy atom. The van der Waals surface area contributed by atoms with Crippen LogP contribution in [0.2, 0.25) is 0 Å². The van der Waals surface area contributed by atoms with Gasteiger partial charge in [0.05, 0.1) is 11.6 Å². The summed E-state index contributed by atoms with van der Waals surface area (Å²) < 4.78 is 0. The highest BCUT2D eigenvalue weighted by Crippen LogP contribution is 2.19. The number of carbonyl (C=O) groups excluding carboxylic acids is 1. The number of hydrogen-bond acceptors (Lipinski definition) is 2. The third-order valence-corrected chi connectivity index (χ3v) is 3.89. The van der Waals surface area contributed by atoms with Gasteiger partial charge in [-0.3, -0.25) is 0 Å². The molecule has 2 amide bonds. The standard InChI is InChI=1S/C16H21N3O/c1-2-15-5-3-4-10-19(15)16(20)18-12-14-8-6-13(11-17)7-9-14/h6-9,15H,2-5,10,12H2,1H3,(H,18,20). The summed E-state index contributed by atoms with van der Waals surface area (Å²) in [6.45, 7) is 3.51. The number of piperidine rings is 1. The summed E-state index contributed by atoms with van der Waals surface area (Å²) in [5.74, 6) is 0. The van der Waals surface area contributed by atoms with Gasteiger partial charge in [0, 0.05) is 19.1 Å². The zero-order valence-electron chi connectivity index (χ0n) is 11.9. The molecule has 0 radical (unpaired) electrons. The summed E-state index contributed by atoms with van der Waals surface area (Å²) >= 11 is 0. The fourth-order valence-corrected chi connectivity index (χ4v) is 2.67. The smallest absolute Gasteiger partial charge is 0.317 e. The van der Waals surface area contributed by atoms with Gasteiger partial charge < -0.3 is 10.2 Å². The van der Waals surface area contributed by atoms with E-state index >= 15 is 0 Å². The molecule has 0 aromatic heterocycles. The Balaban J connectivity index is 1.89. The van der Waals surface area contributed by atoms with Gasteiger partial charge in [-0.25, -0.2) is 4.79 Å². The first-order valence-corrected chi connectivity index (χ1v) is 7.28. The molecule has 0 bridgehead atoms. The van der Waals surface area contributed by atoms with Crippen LogP contribution in [0.25, 0.3) is 0 Å². The quantitative estimate of drug-likeness (QED) is 0.918. The largest absolute Gasteiger partial charge is 0.334 e. The Bertz CT molecular complexity index is 489. The molecule has 4 nitrogen and oxygen atoms in total. The number of hydrogen-bond donors (Lipinski definition) is 1. The third-order valence-electron chi connectivity index (χ3n) is 3.89. The molecule has 1 unspecified atom stereocenters. The van der Waals surface area contributed by atoms with Gasteiger partial charge in [-0.05, 0) is 43.4 Å². The average Bonchev–Trinajstić information content (AvgIpc) is 2.53. The van der Waals surface area contributed by atoms with Crippen LogP contribution in [0.4, 0.5) is 4.79 Å². The van der Waals surface area contributed by atoms with Crippen LogP contribution in [0.15, 0.2) is 24.3 Å². The molecule has 0 aliphatic carbocycles. The summed E-state index contributed by atoms with van der Waals surface area (Å²) in [4.78, 5) is 14.2. The second-order valence-electron chi connectivity index (χ2n) is 5.22. The van der Waals surface area contributed by atoms with Gasteiger partial charge in [-0.1, -0.05) is 19.1 Å². The molecule has 1 heterocycles. The molecule has 1 aliphatic heterocycles. The number of carbonyl (C=O) groups is 1. The number of benzene rings is 1. The van der Waals surface area contributed by atoms with Crippen molar-refractivity contribution in [2.24, 2.45) is 0 Å². The minimum absolute atomic E-state index is 0.0286. The fraction of sp³-hybridized carbons (Fsp3) is 0.500. The van der Waals surface area contributed by atoms with E-state index in [9.17, 15) is 4.79 Å². The van der Waals surface area contributed by atoms with Crippen molar-refractivity contribution in [3.63, 3.8) is 0 Å². The maximum absolute atomic E-state index is 12.2. The van der Waals surface area contributed by atoms with Crippen molar-refractivity contribution < 1.29 is 4.79 Å². The Hall–Kier alpha value is -2.02. The van der Waals surface area contributed by atoms with E-state index in [4.69, 9.17) is 5.26 Å². The fourth-order valence-electron chi connectivity index (χ4n) is 2.67. The van der Waals surface area contributed by atoms with Crippen molar-refractivity contribution in [1.82, 2.24) is 10.2 Å². The molecule has 1 aliphatic rings. The molecule has 0 spiro atoms. The Kier molecular flexibility index (Phi) is 5.00. The van der Waals surface area contributed by atoms with Gasteiger partial charge in [-0.15, -0.1) is 0 Å². The predicted octanol–water partition coefficient (Wildman–Crippen LogP) is 3.03. The molecule has 2 rings (SSSR count). The van der Waals surface area contributed by atoms with Gasteiger partial charge >= 0.3 is 6.03 Å². The normalized spacial score (nSPS) is 18.4. The Morgan fingerprint density at radius 3 is 2.80 bits per heavy atom. The van der Waals surface area contributed by atoms with E-state index < -0.39 is 0 Å². The summed E-state index contributed by atoms with van der Waals surface area (Å²) in [6, 6.07) is 9.81. The zero-order chi connectivity index (χ0) is 14.4. The number of amides is 2. The lowest BCUT2D eigenvalue weighted by molar-refractivity contribution is 0.148. The zero-order valence-corrected chi connectivity index (χ0v) is 11.9. The Labute approximate surface area is 120 Å². The lowest BCUT2D eigenvalue weighted by Crippen LogP contribution is -2.48. The molecule has 1 N–H and O–H groups in total. The molecule has 1 atom stereocenters. The number of likely N-dealkylation sites (tertiary alicyclic amines) is 1. The van der Waals surface area contributed by atoms with Crippen molar-refractivity contribution in [3.8, 4) is 6.07 Å². The molecule has 106 valence electrons. The van der Waals surface area contributed by atoms with Crippen LogP contribution in [0, 0.1) is 11.3 Å². The van der Waals surface area contributed by atoms with Crippen LogP contribution in [0.1, 0.15) is 43.7 Å². The van der Waals surface area contributed by atoms with Crippen LogP contribution >= 0.6 is 0 Å². The van der Waals surface area contributed by atoms with Crippen LogP contribution in [0.3, 0.4) is 0 Å². The second-order valence-corrected chi connectivity index (χ2v) is 5.22. The van der Waals surface area contributed by atoms with Crippen LogP contribution in [0.5, 0.6) is 0 Å². The molecule has 1 fully saturated rings. The lowest BCUT2D eigenvalue weighted by atomic mass is 10.0. The molecular formula is C16H21N3O. The van der Waals surface area contributed by atoms with Gasteiger partial charge in [0.1, 0.15) is 0 Å². The van der Waals surface area contributed by atoms with Crippen LogP contribution < -0.4 is 5.32 Å². The highest BCUT2D eigenvalue weighted by atomic mass is 16.2. The van der Waals surface area contributed by atoms with Gasteiger partial charge in [-0.2, -0.15) is 5.26 Å². The van der Waals surface area contributed by atoms with Crippen molar-refractivity contribution in [2.45, 2.75) is 45.2 Å². The molecule has 20 heavy (non-hydrogen) atoms. The molecule has 1 aromatic carbocycles. The van der Waals surface area contributed by atoms with Crippen molar-refractivity contribution >= 4 is 6.03 Å². The monoisotopic (exact) mass is 271 g/mol. The van der Waals surface area contributed by atoms with E-state index in [1.807, 2.05) is 17.0 Å². The average molecular weight is 271 g/mol. The number of urea groups is 1. The third kappa shape index (κ3) is 3.51. The first kappa shape index (κ1) is 14.4. The van der Waals surface area contributed by atoms with E-state index in [2.05, 4.69) is 18.3 Å². The van der Waals surface area contributed by atoms with Gasteiger partial charge in [0.2, 0.25) is 0 Å². The second kappa shape index (κ2) is 6.95. The van der Waals surface area contributed by atoms with Gasteiger partial charge in [0.15, 0.2) is 0 Å². The minimum atomic E-state index is 0.0286. The molecule has 4 heteroatoms. The maximum Gasteiger partial charge on any atom is 0.317 e. The highest BCUT2D eigenvalue weighted by Gasteiger charge is 2.24. The maximum atomic E-state index is 12.2. The molecular weight excluding hydrogens is 250 g/mol. The number of nitrogens with zero attached hydrogens (tertiary/aromatic N) is 2. The molecule has 0 saturated carbocycles. The summed E-state index contributed by atoms with van der Waals surface area (Å²) in [6.07, 6.45) is 4.45. The topological polar surface area (TPSA) is 56.1 Å².